The number of aromatic amines is 1. The summed E-state index contributed by atoms with van der Waals surface area (Å²) in [4.78, 5) is 42.1. The molecule has 2 heterocycles. The zero-order valence-electron chi connectivity index (χ0n) is 17.1. The van der Waals surface area contributed by atoms with Gasteiger partial charge in [0.15, 0.2) is 11.4 Å². The highest BCUT2D eigenvalue weighted by Crippen LogP contribution is 2.15. The minimum Gasteiger partial charge on any atom is -0.445 e. The number of benzene rings is 2. The zero-order valence-corrected chi connectivity index (χ0v) is 17.1. The smallest absolute Gasteiger partial charge is 0.417 e. The Hall–Kier alpha value is -3.53. The number of ketones is 1. The minimum absolute atomic E-state index is 0.0695. The topological polar surface area (TPSA) is 95.9 Å². The van der Waals surface area contributed by atoms with Crippen molar-refractivity contribution in [3.63, 3.8) is 0 Å². The molecule has 1 fully saturated rings. The average molecular weight is 445 g/mol. The number of H-pyrrole nitrogens is 1. The van der Waals surface area contributed by atoms with E-state index in [0.717, 1.165) is 18.2 Å². The SMILES string of the molecule is O=C(CCN1CCN(C(=O)OCc2cc(F)cc(F)c2)CC1)c1ccc2[nH]c(=O)oc2c1. The highest BCUT2D eigenvalue weighted by molar-refractivity contribution is 5.98. The molecule has 0 radical (unpaired) electrons. The summed E-state index contributed by atoms with van der Waals surface area (Å²) >= 11 is 0. The summed E-state index contributed by atoms with van der Waals surface area (Å²) in [6.45, 7) is 2.30. The molecule has 0 spiro atoms. The van der Waals surface area contributed by atoms with Gasteiger partial charge >= 0.3 is 11.8 Å². The summed E-state index contributed by atoms with van der Waals surface area (Å²) in [5.74, 6) is -2.09. The molecule has 1 aromatic heterocycles. The third-order valence-electron chi connectivity index (χ3n) is 5.31. The van der Waals surface area contributed by atoms with Crippen LogP contribution in [0.5, 0.6) is 0 Å². The minimum atomic E-state index is -0.725. The quantitative estimate of drug-likeness (QED) is 0.586. The molecule has 4 rings (SSSR count). The molecule has 0 atom stereocenters. The number of halogens is 2. The lowest BCUT2D eigenvalue weighted by Gasteiger charge is -2.33. The van der Waals surface area contributed by atoms with Gasteiger partial charge in [0.2, 0.25) is 0 Å². The number of nitrogens with zero attached hydrogens (tertiary/aromatic N) is 2. The molecular formula is C22H21F2N3O5. The van der Waals surface area contributed by atoms with Crippen LogP contribution < -0.4 is 5.76 Å². The van der Waals surface area contributed by atoms with Gasteiger partial charge < -0.3 is 14.1 Å². The van der Waals surface area contributed by atoms with Crippen LogP contribution in [0.25, 0.3) is 11.1 Å². The lowest BCUT2D eigenvalue weighted by Crippen LogP contribution is -2.49. The summed E-state index contributed by atoms with van der Waals surface area (Å²) in [6.07, 6.45) is -0.262. The molecule has 1 saturated heterocycles. The third-order valence-corrected chi connectivity index (χ3v) is 5.31. The van der Waals surface area contributed by atoms with Gasteiger partial charge in [-0.2, -0.15) is 0 Å². The number of Topliss-reactive ketones (excluding diaryl/α,β-unsaturated/α-hetero) is 1. The fraction of sp³-hybridized carbons (Fsp3) is 0.318. The van der Waals surface area contributed by atoms with Crippen LogP contribution in [0.2, 0.25) is 0 Å². The Balaban J connectivity index is 1.22. The molecule has 8 nitrogen and oxygen atoms in total. The molecule has 0 saturated carbocycles. The number of hydrogen-bond acceptors (Lipinski definition) is 6. The largest absolute Gasteiger partial charge is 0.445 e. The van der Waals surface area contributed by atoms with Crippen molar-refractivity contribution < 1.29 is 27.5 Å². The van der Waals surface area contributed by atoms with Crippen molar-refractivity contribution in [3.05, 3.63) is 69.7 Å². The molecule has 1 aliphatic heterocycles. The highest BCUT2D eigenvalue weighted by atomic mass is 19.1. The number of rotatable bonds is 6. The van der Waals surface area contributed by atoms with Crippen LogP contribution in [0.1, 0.15) is 22.3 Å². The Bertz CT molecular complexity index is 1180. The number of ether oxygens (including phenoxy) is 1. The van der Waals surface area contributed by atoms with Gasteiger partial charge in [-0.15, -0.1) is 0 Å². The summed E-state index contributed by atoms with van der Waals surface area (Å²) in [5.41, 5.74) is 1.59. The first-order valence-electron chi connectivity index (χ1n) is 10.1. The van der Waals surface area contributed by atoms with Crippen LogP contribution >= 0.6 is 0 Å². The molecule has 0 bridgehead atoms. The van der Waals surface area contributed by atoms with E-state index in [2.05, 4.69) is 9.88 Å². The van der Waals surface area contributed by atoms with E-state index in [1.54, 1.807) is 18.2 Å². The first-order valence-corrected chi connectivity index (χ1v) is 10.1. The summed E-state index contributed by atoms with van der Waals surface area (Å²) in [6, 6.07) is 7.82. The second-order valence-electron chi connectivity index (χ2n) is 7.56. The van der Waals surface area contributed by atoms with Crippen molar-refractivity contribution in [2.45, 2.75) is 13.0 Å². The molecule has 1 amide bonds. The highest BCUT2D eigenvalue weighted by Gasteiger charge is 2.23. The Labute approximate surface area is 181 Å². The second kappa shape index (κ2) is 9.31. The van der Waals surface area contributed by atoms with Crippen LogP contribution in [0.15, 0.2) is 45.6 Å². The molecule has 32 heavy (non-hydrogen) atoms. The summed E-state index contributed by atoms with van der Waals surface area (Å²) in [5, 5.41) is 0. The molecule has 10 heteroatoms. The Morgan fingerprint density at radius 2 is 1.75 bits per heavy atom. The van der Waals surface area contributed by atoms with Crippen molar-refractivity contribution in [1.82, 2.24) is 14.8 Å². The predicted molar refractivity (Wildman–Crippen MR) is 110 cm³/mol. The summed E-state index contributed by atoms with van der Waals surface area (Å²) in [7, 11) is 0. The van der Waals surface area contributed by atoms with Crippen molar-refractivity contribution >= 4 is 23.0 Å². The predicted octanol–water partition coefficient (Wildman–Crippen LogP) is 2.93. The van der Waals surface area contributed by atoms with Gasteiger partial charge in [0.1, 0.15) is 18.2 Å². The number of amides is 1. The maximum absolute atomic E-state index is 13.2. The molecular weight excluding hydrogens is 424 g/mol. The van der Waals surface area contributed by atoms with E-state index >= 15 is 0 Å². The lowest BCUT2D eigenvalue weighted by atomic mass is 10.1. The van der Waals surface area contributed by atoms with E-state index in [-0.39, 0.29) is 24.4 Å². The number of fused-ring (bicyclic) bond motifs is 1. The first-order chi connectivity index (χ1) is 15.4. The molecule has 0 unspecified atom stereocenters. The third kappa shape index (κ3) is 5.20. The molecule has 2 aromatic carbocycles. The monoisotopic (exact) mass is 445 g/mol. The number of carbonyl (C=O) groups excluding carboxylic acids is 2. The van der Waals surface area contributed by atoms with Gasteiger partial charge in [0, 0.05) is 50.8 Å². The van der Waals surface area contributed by atoms with Gasteiger partial charge in [-0.25, -0.2) is 18.4 Å². The van der Waals surface area contributed by atoms with Gasteiger partial charge in [0.25, 0.3) is 0 Å². The normalized spacial score (nSPS) is 14.6. The van der Waals surface area contributed by atoms with Gasteiger partial charge in [-0.1, -0.05) is 0 Å². The average Bonchev–Trinajstić information content (AvgIpc) is 3.14. The zero-order chi connectivity index (χ0) is 22.7. The fourth-order valence-electron chi connectivity index (χ4n) is 3.61. The number of oxazole rings is 1. The number of carbonyl (C=O) groups is 2. The Kier molecular flexibility index (Phi) is 6.31. The maximum Gasteiger partial charge on any atom is 0.417 e. The van der Waals surface area contributed by atoms with Crippen LogP contribution in [-0.4, -0.2) is 59.4 Å². The van der Waals surface area contributed by atoms with E-state index < -0.39 is 23.5 Å². The Morgan fingerprint density at radius 3 is 2.47 bits per heavy atom. The van der Waals surface area contributed by atoms with Crippen LogP contribution in [0.3, 0.4) is 0 Å². The second-order valence-corrected chi connectivity index (χ2v) is 7.56. The number of nitrogens with one attached hydrogen (secondary N) is 1. The van der Waals surface area contributed by atoms with Gasteiger partial charge in [-0.3, -0.25) is 14.7 Å². The fourth-order valence-corrected chi connectivity index (χ4v) is 3.61. The maximum atomic E-state index is 13.2. The van der Waals surface area contributed by atoms with Crippen LogP contribution in [-0.2, 0) is 11.3 Å². The van der Waals surface area contributed by atoms with Gasteiger partial charge in [-0.05, 0) is 35.9 Å². The number of piperazine rings is 1. The van der Waals surface area contributed by atoms with Crippen molar-refractivity contribution in [1.29, 1.82) is 0 Å². The van der Waals surface area contributed by atoms with Crippen molar-refractivity contribution in [2.24, 2.45) is 0 Å². The van der Waals surface area contributed by atoms with E-state index in [1.165, 1.54) is 4.90 Å². The molecule has 168 valence electrons. The Morgan fingerprint density at radius 1 is 1.03 bits per heavy atom. The first kappa shape index (κ1) is 21.7. The van der Waals surface area contributed by atoms with Crippen LogP contribution in [0.4, 0.5) is 13.6 Å². The van der Waals surface area contributed by atoms with Crippen molar-refractivity contribution in [3.8, 4) is 0 Å². The van der Waals surface area contributed by atoms with E-state index in [0.29, 0.717) is 49.4 Å². The summed E-state index contributed by atoms with van der Waals surface area (Å²) < 4.78 is 36.6. The van der Waals surface area contributed by atoms with Gasteiger partial charge in [0.05, 0.1) is 5.52 Å². The molecule has 3 aromatic rings. The van der Waals surface area contributed by atoms with E-state index in [4.69, 9.17) is 9.15 Å². The van der Waals surface area contributed by atoms with E-state index in [1.807, 2.05) is 0 Å². The lowest BCUT2D eigenvalue weighted by molar-refractivity contribution is 0.0695. The molecule has 0 aliphatic carbocycles. The van der Waals surface area contributed by atoms with Crippen LogP contribution in [0, 0.1) is 11.6 Å². The molecule has 1 N–H and O–H groups in total. The van der Waals surface area contributed by atoms with E-state index in [9.17, 15) is 23.2 Å². The standard InChI is InChI=1S/C22H21F2N3O5/c23-16-9-14(10-17(24)12-16)13-31-22(30)27-7-5-26(6-8-27)4-3-19(28)15-1-2-18-20(11-15)32-21(29)25-18/h1-2,9-12H,3-8,13H2,(H,25,29). The van der Waals surface area contributed by atoms with Crippen molar-refractivity contribution in [2.75, 3.05) is 32.7 Å². The number of hydrogen-bond donors (Lipinski definition) is 1. The molecule has 1 aliphatic rings. The number of aromatic nitrogens is 1.